The summed E-state index contributed by atoms with van der Waals surface area (Å²) in [6.45, 7) is 7.45. The van der Waals surface area contributed by atoms with E-state index in [2.05, 4.69) is 22.3 Å². The quantitative estimate of drug-likeness (QED) is 0.114. The average molecular weight is 427 g/mol. The van der Waals surface area contributed by atoms with E-state index < -0.39 is 23.7 Å². The summed E-state index contributed by atoms with van der Waals surface area (Å²) in [5.74, 6) is -0.253. The van der Waals surface area contributed by atoms with Crippen molar-refractivity contribution >= 4 is 5.91 Å². The Morgan fingerprint density at radius 3 is 1.83 bits per heavy atom. The molecule has 7 heteroatoms. The molecule has 0 aromatic rings. The van der Waals surface area contributed by atoms with Crippen LogP contribution in [0.3, 0.4) is 0 Å². The molecule has 30 heavy (non-hydrogen) atoms. The molecule has 0 aromatic heterocycles. The lowest BCUT2D eigenvalue weighted by Gasteiger charge is -2.29. The molecule has 0 aliphatic carbocycles. The molecule has 0 bridgehead atoms. The zero-order valence-electron chi connectivity index (χ0n) is 19.8. The highest BCUT2D eigenvalue weighted by Gasteiger charge is 2.30. The molecule has 0 aliphatic rings. The number of unbranched alkanes of at least 4 members (excludes halogenated alkanes) is 11. The van der Waals surface area contributed by atoms with Crippen LogP contribution in [0.4, 0.5) is 0 Å². The molecule has 0 unspecified atom stereocenters. The molecule has 3 atom stereocenters. The fourth-order valence-corrected chi connectivity index (χ4v) is 3.38. The van der Waals surface area contributed by atoms with E-state index in [1.807, 2.05) is 0 Å². The second-order valence-corrected chi connectivity index (χ2v) is 9.48. The van der Waals surface area contributed by atoms with Crippen molar-refractivity contribution in [1.29, 1.82) is 0 Å². The van der Waals surface area contributed by atoms with Crippen LogP contribution in [0.25, 0.3) is 10.4 Å². The van der Waals surface area contributed by atoms with Gasteiger partial charge in [0.05, 0.1) is 12.1 Å². The molecule has 3 N–H and O–H groups in total. The van der Waals surface area contributed by atoms with E-state index in [4.69, 9.17) is 5.53 Å². The van der Waals surface area contributed by atoms with E-state index in [9.17, 15) is 15.0 Å². The molecule has 0 spiro atoms. The fraction of sp³-hybridized carbons (Fsp3) is 0.957. The predicted molar refractivity (Wildman–Crippen MR) is 123 cm³/mol. The van der Waals surface area contributed by atoms with E-state index in [1.165, 1.54) is 57.8 Å². The SMILES string of the molecule is CCCCCCCCCCCCCC[C@H](O)[C@H](O)[C@H](CN=[N+]=[N-])NC(=O)C(C)(C)C. The van der Waals surface area contributed by atoms with Gasteiger partial charge < -0.3 is 15.5 Å². The Morgan fingerprint density at radius 2 is 1.40 bits per heavy atom. The predicted octanol–water partition coefficient (Wildman–Crippen LogP) is 5.64. The third kappa shape index (κ3) is 14.6. The van der Waals surface area contributed by atoms with Gasteiger partial charge in [-0.1, -0.05) is 110 Å². The minimum absolute atomic E-state index is 0.0883. The second kappa shape index (κ2) is 17.4. The molecule has 0 aliphatic heterocycles. The Balaban J connectivity index is 4.03. The van der Waals surface area contributed by atoms with E-state index in [0.717, 1.165) is 19.3 Å². The summed E-state index contributed by atoms with van der Waals surface area (Å²) >= 11 is 0. The molecule has 0 saturated carbocycles. The molecule has 0 heterocycles. The van der Waals surface area contributed by atoms with Crippen molar-refractivity contribution < 1.29 is 15.0 Å². The summed E-state index contributed by atoms with van der Waals surface area (Å²) in [5.41, 5.74) is 7.93. The summed E-state index contributed by atoms with van der Waals surface area (Å²) in [4.78, 5) is 14.9. The molecule has 0 fully saturated rings. The van der Waals surface area contributed by atoms with Gasteiger partial charge in [0, 0.05) is 16.9 Å². The Morgan fingerprint density at radius 1 is 0.933 bits per heavy atom. The van der Waals surface area contributed by atoms with E-state index in [0.29, 0.717) is 6.42 Å². The van der Waals surface area contributed by atoms with Gasteiger partial charge >= 0.3 is 0 Å². The zero-order valence-corrected chi connectivity index (χ0v) is 19.8. The summed E-state index contributed by atoms with van der Waals surface area (Å²) in [7, 11) is 0. The maximum absolute atomic E-state index is 12.2. The molecule has 0 rings (SSSR count). The van der Waals surface area contributed by atoms with Crippen LogP contribution in [-0.2, 0) is 4.79 Å². The van der Waals surface area contributed by atoms with Crippen LogP contribution in [0.5, 0.6) is 0 Å². The number of carbonyl (C=O) groups is 1. The number of carbonyl (C=O) groups excluding carboxylic acids is 1. The number of hydrogen-bond acceptors (Lipinski definition) is 4. The molecule has 0 aromatic carbocycles. The number of aliphatic hydroxyl groups is 2. The fourth-order valence-electron chi connectivity index (χ4n) is 3.38. The van der Waals surface area contributed by atoms with Gasteiger partial charge in [0.15, 0.2) is 0 Å². The normalized spacial score (nSPS) is 14.6. The summed E-state index contributed by atoms with van der Waals surface area (Å²) in [6.07, 6.45) is 13.2. The first-order chi connectivity index (χ1) is 14.2. The maximum atomic E-state index is 12.2. The van der Waals surface area contributed by atoms with Crippen LogP contribution >= 0.6 is 0 Å². The van der Waals surface area contributed by atoms with Gasteiger partial charge in [-0.05, 0) is 12.0 Å². The minimum Gasteiger partial charge on any atom is -0.390 e. The number of aliphatic hydroxyl groups excluding tert-OH is 2. The van der Waals surface area contributed by atoms with Crippen molar-refractivity contribution in [3.8, 4) is 0 Å². The number of amides is 1. The van der Waals surface area contributed by atoms with Crippen LogP contribution < -0.4 is 5.32 Å². The topological polar surface area (TPSA) is 118 Å². The van der Waals surface area contributed by atoms with Crippen LogP contribution in [-0.4, -0.2) is 40.9 Å². The number of rotatable bonds is 18. The van der Waals surface area contributed by atoms with E-state index in [-0.39, 0.29) is 12.5 Å². The molecular formula is C23H46N4O3. The molecular weight excluding hydrogens is 380 g/mol. The highest BCUT2D eigenvalue weighted by molar-refractivity contribution is 5.81. The first-order valence-corrected chi connectivity index (χ1v) is 11.9. The van der Waals surface area contributed by atoms with Gasteiger partial charge in [0.2, 0.25) is 5.91 Å². The average Bonchev–Trinajstić information content (AvgIpc) is 2.70. The van der Waals surface area contributed by atoms with E-state index >= 15 is 0 Å². The van der Waals surface area contributed by atoms with Gasteiger partial charge in [0.1, 0.15) is 6.10 Å². The van der Waals surface area contributed by atoms with Crippen LogP contribution in [0.15, 0.2) is 5.11 Å². The Bertz CT molecular complexity index is 487. The van der Waals surface area contributed by atoms with Gasteiger partial charge in [-0.15, -0.1) is 0 Å². The standard InChI is InChI=1S/C23H46N4O3/c1-5-6-7-8-9-10-11-12-13-14-15-16-17-20(28)21(29)19(18-25-27-24)26-22(30)23(2,3)4/h19-21,28-29H,5-18H2,1-4H3,(H,26,30)/t19-,20-,21+/m0/s1. The second-order valence-electron chi connectivity index (χ2n) is 9.48. The molecule has 7 nitrogen and oxygen atoms in total. The maximum Gasteiger partial charge on any atom is 0.225 e. The summed E-state index contributed by atoms with van der Waals surface area (Å²) in [5, 5.41) is 27.0. The largest absolute Gasteiger partial charge is 0.390 e. The molecule has 0 radical (unpaired) electrons. The summed E-state index contributed by atoms with van der Waals surface area (Å²) in [6, 6.07) is -0.792. The van der Waals surface area contributed by atoms with Crippen molar-refractivity contribution in [3.63, 3.8) is 0 Å². The van der Waals surface area contributed by atoms with E-state index in [1.54, 1.807) is 20.8 Å². The number of nitrogens with one attached hydrogen (secondary N) is 1. The molecule has 1 amide bonds. The van der Waals surface area contributed by atoms with Crippen LogP contribution in [0.1, 0.15) is 111 Å². The lowest BCUT2D eigenvalue weighted by Crippen LogP contribution is -2.52. The monoisotopic (exact) mass is 426 g/mol. The smallest absolute Gasteiger partial charge is 0.225 e. The summed E-state index contributed by atoms with van der Waals surface area (Å²) < 4.78 is 0. The first-order valence-electron chi connectivity index (χ1n) is 11.9. The van der Waals surface area contributed by atoms with Crippen molar-refractivity contribution in [2.45, 2.75) is 129 Å². The lowest BCUT2D eigenvalue weighted by molar-refractivity contribution is -0.130. The Labute approximate surface area is 183 Å². The highest BCUT2D eigenvalue weighted by atomic mass is 16.3. The van der Waals surface area contributed by atoms with Crippen LogP contribution in [0.2, 0.25) is 0 Å². The Hall–Kier alpha value is -1.30. The first kappa shape index (κ1) is 28.7. The van der Waals surface area contributed by atoms with Gasteiger partial charge in [0.25, 0.3) is 0 Å². The third-order valence-electron chi connectivity index (χ3n) is 5.50. The lowest BCUT2D eigenvalue weighted by atomic mass is 9.93. The van der Waals surface area contributed by atoms with Gasteiger partial charge in [-0.3, -0.25) is 4.79 Å². The third-order valence-corrected chi connectivity index (χ3v) is 5.50. The number of azide groups is 1. The number of nitrogens with zero attached hydrogens (tertiary/aromatic N) is 3. The molecule has 0 saturated heterocycles. The van der Waals surface area contributed by atoms with Crippen molar-refractivity contribution in [1.82, 2.24) is 5.32 Å². The van der Waals surface area contributed by atoms with Gasteiger partial charge in [-0.2, -0.15) is 0 Å². The molecule has 176 valence electrons. The van der Waals surface area contributed by atoms with Crippen molar-refractivity contribution in [2.24, 2.45) is 10.5 Å². The highest BCUT2D eigenvalue weighted by Crippen LogP contribution is 2.17. The zero-order chi connectivity index (χ0) is 22.8. The Kier molecular flexibility index (Phi) is 16.6. The van der Waals surface area contributed by atoms with Gasteiger partial charge in [-0.25, -0.2) is 0 Å². The van der Waals surface area contributed by atoms with Crippen molar-refractivity contribution in [3.05, 3.63) is 10.4 Å². The van der Waals surface area contributed by atoms with Crippen LogP contribution in [0, 0.1) is 5.41 Å². The minimum atomic E-state index is -1.16. The number of hydrogen-bond donors (Lipinski definition) is 3. The van der Waals surface area contributed by atoms with Crippen molar-refractivity contribution in [2.75, 3.05) is 6.54 Å².